The predicted octanol–water partition coefficient (Wildman–Crippen LogP) is 2.73. The first-order valence-corrected chi connectivity index (χ1v) is 8.75. The number of rotatable bonds is 6. The van der Waals surface area contributed by atoms with Crippen molar-refractivity contribution >= 4 is 23.5 Å². The fourth-order valence-electron chi connectivity index (χ4n) is 2.76. The summed E-state index contributed by atoms with van der Waals surface area (Å²) in [5, 5.41) is 24.4. The minimum Gasteiger partial charge on any atom is -0.377 e. The van der Waals surface area contributed by atoms with Crippen molar-refractivity contribution in [2.45, 2.75) is 0 Å². The van der Waals surface area contributed by atoms with Crippen molar-refractivity contribution in [1.82, 2.24) is 9.97 Å². The van der Waals surface area contributed by atoms with E-state index in [-0.39, 0.29) is 22.9 Å². The molecule has 3 rings (SSSR count). The Morgan fingerprint density at radius 1 is 1.27 bits per heavy atom. The third-order valence-corrected chi connectivity index (χ3v) is 4.16. The van der Waals surface area contributed by atoms with Crippen LogP contribution >= 0.6 is 0 Å². The number of benzene rings is 2. The van der Waals surface area contributed by atoms with Crippen LogP contribution in [0.4, 0.5) is 17.3 Å². The molecule has 0 atom stereocenters. The number of hydrogen-bond acceptors (Lipinski definition) is 8. The van der Waals surface area contributed by atoms with Crippen molar-refractivity contribution in [3.8, 4) is 17.3 Å². The molecular formula is C20H17N7O3. The van der Waals surface area contributed by atoms with Gasteiger partial charge in [0.15, 0.2) is 0 Å². The first-order chi connectivity index (χ1) is 14.4. The van der Waals surface area contributed by atoms with Gasteiger partial charge in [-0.25, -0.2) is 10.4 Å². The van der Waals surface area contributed by atoms with E-state index in [9.17, 15) is 20.2 Å². The molecule has 0 aliphatic carbocycles. The minimum atomic E-state index is -0.603. The number of anilines is 2. The van der Waals surface area contributed by atoms with Gasteiger partial charge in [0, 0.05) is 43.0 Å². The lowest BCUT2D eigenvalue weighted by Gasteiger charge is -2.14. The molecule has 0 aliphatic rings. The first-order valence-electron chi connectivity index (χ1n) is 8.75. The Morgan fingerprint density at radius 3 is 2.63 bits per heavy atom. The number of nitro benzene ring substituents is 1. The van der Waals surface area contributed by atoms with Gasteiger partial charge in [-0.15, -0.1) is 0 Å². The van der Waals surface area contributed by atoms with Crippen molar-refractivity contribution in [2.75, 3.05) is 24.4 Å². The second-order valence-electron chi connectivity index (χ2n) is 6.38. The number of nitro groups is 1. The van der Waals surface area contributed by atoms with Gasteiger partial charge in [-0.3, -0.25) is 19.9 Å². The number of aromatic amines is 1. The molecule has 0 saturated carbocycles. The molecule has 0 fully saturated rings. The van der Waals surface area contributed by atoms with Crippen LogP contribution in [0.25, 0.3) is 11.3 Å². The molecule has 2 N–H and O–H groups in total. The van der Waals surface area contributed by atoms with Crippen LogP contribution in [0, 0.1) is 21.4 Å². The molecule has 0 amide bonds. The highest BCUT2D eigenvalue weighted by molar-refractivity contribution is 5.89. The van der Waals surface area contributed by atoms with Gasteiger partial charge in [-0.1, -0.05) is 30.3 Å². The summed E-state index contributed by atoms with van der Waals surface area (Å²) >= 11 is 0. The fourth-order valence-corrected chi connectivity index (χ4v) is 2.76. The van der Waals surface area contributed by atoms with Gasteiger partial charge >= 0.3 is 0 Å². The van der Waals surface area contributed by atoms with Crippen LogP contribution in [-0.4, -0.2) is 35.2 Å². The summed E-state index contributed by atoms with van der Waals surface area (Å²) in [6.45, 7) is 0. The molecule has 0 bridgehead atoms. The highest BCUT2D eigenvalue weighted by atomic mass is 16.6. The Balaban J connectivity index is 1.95. The summed E-state index contributed by atoms with van der Waals surface area (Å²) in [6.07, 6.45) is 1.39. The second kappa shape index (κ2) is 8.66. The quantitative estimate of drug-likeness (QED) is 0.366. The highest BCUT2D eigenvalue weighted by Gasteiger charge is 2.13. The Labute approximate surface area is 171 Å². The van der Waals surface area contributed by atoms with Crippen LogP contribution in [0.1, 0.15) is 11.1 Å². The van der Waals surface area contributed by atoms with Crippen molar-refractivity contribution in [3.05, 3.63) is 80.1 Å². The number of aromatic nitrogens is 2. The molecule has 1 aromatic heterocycles. The Bertz CT molecular complexity index is 1210. The van der Waals surface area contributed by atoms with Gasteiger partial charge in [0.1, 0.15) is 11.6 Å². The Kier molecular flexibility index (Phi) is 5.84. The topological polar surface area (TPSA) is 140 Å². The molecule has 0 spiro atoms. The third kappa shape index (κ3) is 4.31. The van der Waals surface area contributed by atoms with Gasteiger partial charge in [-0.05, 0) is 6.07 Å². The highest BCUT2D eigenvalue weighted by Crippen LogP contribution is 2.23. The number of H-pyrrole nitrogens is 1. The predicted molar refractivity (Wildman–Crippen MR) is 114 cm³/mol. The summed E-state index contributed by atoms with van der Waals surface area (Å²) in [6, 6.07) is 15.1. The number of hydrazone groups is 1. The van der Waals surface area contributed by atoms with E-state index in [2.05, 4.69) is 20.5 Å². The molecule has 3 aromatic rings. The van der Waals surface area contributed by atoms with Crippen LogP contribution in [0.5, 0.6) is 0 Å². The smallest absolute Gasteiger partial charge is 0.270 e. The molecule has 2 aromatic carbocycles. The van der Waals surface area contributed by atoms with Gasteiger partial charge in [0.25, 0.3) is 11.2 Å². The molecule has 0 radical (unpaired) electrons. The van der Waals surface area contributed by atoms with E-state index in [1.165, 1.54) is 18.3 Å². The maximum atomic E-state index is 12.3. The number of nitrogens with zero attached hydrogens (tertiary/aromatic N) is 5. The molecule has 1 heterocycles. The lowest BCUT2D eigenvalue weighted by Crippen LogP contribution is -2.16. The summed E-state index contributed by atoms with van der Waals surface area (Å²) in [4.78, 5) is 31.4. The van der Waals surface area contributed by atoms with Crippen LogP contribution in [0.3, 0.4) is 0 Å². The van der Waals surface area contributed by atoms with Crippen molar-refractivity contribution in [3.63, 3.8) is 0 Å². The summed E-state index contributed by atoms with van der Waals surface area (Å²) in [5.41, 5.74) is 3.89. The Hall–Kier alpha value is -4.52. The summed E-state index contributed by atoms with van der Waals surface area (Å²) in [5.74, 6) is 0.0333. The van der Waals surface area contributed by atoms with E-state index >= 15 is 0 Å². The lowest BCUT2D eigenvalue weighted by atomic mass is 10.1. The van der Waals surface area contributed by atoms with Crippen LogP contribution in [0.15, 0.2) is 58.4 Å². The van der Waals surface area contributed by atoms with Crippen LogP contribution in [-0.2, 0) is 0 Å². The van der Waals surface area contributed by atoms with E-state index in [0.717, 1.165) is 5.69 Å². The van der Waals surface area contributed by atoms with E-state index in [4.69, 9.17) is 0 Å². The van der Waals surface area contributed by atoms with E-state index in [0.29, 0.717) is 11.1 Å². The number of nitriles is 1. The second-order valence-corrected chi connectivity index (χ2v) is 6.38. The fraction of sp³-hybridized carbons (Fsp3) is 0.100. The van der Waals surface area contributed by atoms with Crippen LogP contribution < -0.4 is 15.9 Å². The zero-order chi connectivity index (χ0) is 21.7. The number of nitrogens with one attached hydrogen (secondary N) is 2. The summed E-state index contributed by atoms with van der Waals surface area (Å²) < 4.78 is 0. The largest absolute Gasteiger partial charge is 0.377 e. The van der Waals surface area contributed by atoms with E-state index in [1.54, 1.807) is 49.3 Å². The average molecular weight is 403 g/mol. The van der Waals surface area contributed by atoms with Crippen LogP contribution in [0.2, 0.25) is 0 Å². The third-order valence-electron chi connectivity index (χ3n) is 4.16. The SMILES string of the molecule is CN(C)c1ccc([N+](=O)[O-])cc1C=NNc1nc(-c2ccccc2)c(C#N)c(=O)[nH]1. The molecule has 0 aliphatic heterocycles. The molecule has 150 valence electrons. The maximum Gasteiger partial charge on any atom is 0.270 e. The standard InChI is InChI=1S/C20H17N7O3/c1-26(2)17-9-8-15(27(29)30)10-14(17)12-22-25-20-23-18(13-6-4-3-5-7-13)16(11-21)19(28)24-20/h3-10,12H,1-2H3,(H2,23,24,25,28). The molecule has 0 saturated heterocycles. The Morgan fingerprint density at radius 2 is 2.00 bits per heavy atom. The van der Waals surface area contributed by atoms with Gasteiger partial charge < -0.3 is 4.90 Å². The van der Waals surface area contributed by atoms with Crippen molar-refractivity contribution < 1.29 is 4.92 Å². The normalized spacial score (nSPS) is 10.6. The lowest BCUT2D eigenvalue weighted by molar-refractivity contribution is -0.384. The van der Waals surface area contributed by atoms with Gasteiger partial charge in [0.05, 0.1) is 16.8 Å². The average Bonchev–Trinajstić information content (AvgIpc) is 2.73. The van der Waals surface area contributed by atoms with Crippen molar-refractivity contribution in [2.24, 2.45) is 5.10 Å². The maximum absolute atomic E-state index is 12.3. The van der Waals surface area contributed by atoms with Crippen molar-refractivity contribution in [1.29, 1.82) is 5.26 Å². The molecule has 10 nitrogen and oxygen atoms in total. The summed E-state index contributed by atoms with van der Waals surface area (Å²) in [7, 11) is 3.61. The number of non-ortho nitro benzene ring substituents is 1. The van der Waals surface area contributed by atoms with E-state index < -0.39 is 10.5 Å². The van der Waals surface area contributed by atoms with Gasteiger partial charge in [-0.2, -0.15) is 10.4 Å². The molecule has 10 heteroatoms. The molecule has 0 unspecified atom stereocenters. The number of hydrogen-bond donors (Lipinski definition) is 2. The van der Waals surface area contributed by atoms with E-state index in [1.807, 2.05) is 12.1 Å². The molecular weight excluding hydrogens is 386 g/mol. The monoisotopic (exact) mass is 403 g/mol. The zero-order valence-electron chi connectivity index (χ0n) is 16.2. The molecule has 30 heavy (non-hydrogen) atoms. The minimum absolute atomic E-state index is 0.0333. The first kappa shape index (κ1) is 20.2. The van der Waals surface area contributed by atoms with Gasteiger partial charge in [0.2, 0.25) is 5.95 Å². The zero-order valence-corrected chi connectivity index (χ0v) is 16.2.